The molecule has 8 nitrogen and oxygen atoms in total. The molecule has 0 saturated carbocycles. The second-order valence-electron chi connectivity index (χ2n) is 8.31. The fourth-order valence-corrected chi connectivity index (χ4v) is 5.65. The monoisotopic (exact) mass is 470 g/mol. The Bertz CT molecular complexity index is 1480. The highest BCUT2D eigenvalue weighted by Gasteiger charge is 2.27. The van der Waals surface area contributed by atoms with Crippen LogP contribution in [0.4, 0.5) is 16.3 Å². The summed E-state index contributed by atoms with van der Waals surface area (Å²) in [5, 5.41) is 15.5. The van der Waals surface area contributed by atoms with Crippen molar-refractivity contribution in [1.29, 1.82) is 0 Å². The molecule has 6 rings (SSSR count). The van der Waals surface area contributed by atoms with Crippen LogP contribution < -0.4 is 10.6 Å². The van der Waals surface area contributed by atoms with E-state index in [2.05, 4.69) is 30.8 Å². The van der Waals surface area contributed by atoms with Crippen molar-refractivity contribution in [3.63, 3.8) is 0 Å². The Labute approximate surface area is 199 Å². The van der Waals surface area contributed by atoms with Gasteiger partial charge in [0.25, 0.3) is 0 Å². The predicted octanol–water partition coefficient (Wildman–Crippen LogP) is 5.09. The number of H-pyrrole nitrogens is 1. The maximum absolute atomic E-state index is 12.3. The molecule has 9 heteroatoms. The first-order valence-corrected chi connectivity index (χ1v) is 12.0. The number of hydrogen-bond acceptors (Lipinski definition) is 7. The van der Waals surface area contributed by atoms with Crippen LogP contribution in [0.25, 0.3) is 21.1 Å². The van der Waals surface area contributed by atoms with Gasteiger partial charge in [-0.25, -0.2) is 14.8 Å². The van der Waals surface area contributed by atoms with E-state index in [0.29, 0.717) is 13.0 Å². The fourth-order valence-electron chi connectivity index (χ4n) is 4.40. The summed E-state index contributed by atoms with van der Waals surface area (Å²) in [5.41, 5.74) is 4.23. The minimum atomic E-state index is -0.379. The van der Waals surface area contributed by atoms with Crippen molar-refractivity contribution < 1.29 is 9.53 Å². The van der Waals surface area contributed by atoms with E-state index in [0.717, 1.165) is 51.0 Å². The van der Waals surface area contributed by atoms with Crippen LogP contribution in [0.1, 0.15) is 22.4 Å². The van der Waals surface area contributed by atoms with Gasteiger partial charge in [0.2, 0.25) is 0 Å². The van der Waals surface area contributed by atoms with Crippen LogP contribution in [-0.4, -0.2) is 32.4 Å². The van der Waals surface area contributed by atoms with Crippen LogP contribution in [0.5, 0.6) is 0 Å². The van der Waals surface area contributed by atoms with Crippen LogP contribution in [-0.2, 0) is 24.1 Å². The summed E-state index contributed by atoms with van der Waals surface area (Å²) in [6.45, 7) is 0.454. The van der Waals surface area contributed by atoms with Crippen molar-refractivity contribution in [2.45, 2.75) is 31.9 Å². The average Bonchev–Trinajstić information content (AvgIpc) is 3.47. The molecule has 3 N–H and O–H groups in total. The molecule has 1 atom stereocenters. The second kappa shape index (κ2) is 8.75. The third-order valence-corrected chi connectivity index (χ3v) is 7.22. The van der Waals surface area contributed by atoms with Gasteiger partial charge in [0.1, 0.15) is 23.1 Å². The topological polar surface area (TPSA) is 105 Å². The Morgan fingerprint density at radius 2 is 2.09 bits per heavy atom. The first-order valence-electron chi connectivity index (χ1n) is 11.2. The number of carbonyl (C=O) groups is 1. The third-order valence-electron chi connectivity index (χ3n) is 6.06. The number of rotatable bonds is 5. The molecule has 5 aromatic rings. The number of amides is 1. The lowest BCUT2D eigenvalue weighted by molar-refractivity contribution is 0.0899. The van der Waals surface area contributed by atoms with Crippen LogP contribution >= 0.6 is 11.3 Å². The van der Waals surface area contributed by atoms with Crippen molar-refractivity contribution in [2.75, 3.05) is 5.32 Å². The van der Waals surface area contributed by atoms with Crippen molar-refractivity contribution in [1.82, 2.24) is 25.5 Å². The lowest BCUT2D eigenvalue weighted by atomic mass is 9.94. The zero-order valence-electron chi connectivity index (χ0n) is 18.2. The standard InChI is InChI=1S/C25H22N6O2S/c32-25(26-12-15-4-2-1-3-5-15)33-18-7-8-19-21(11-18)34-24-22(19)23(27-14-28-24)30-17-6-9-20-16(10-17)13-29-31-20/h1-6,9-10,13-14,18H,7-8,11-12H2,(H,26,32)(H,29,31)(H,27,28,30). The summed E-state index contributed by atoms with van der Waals surface area (Å²) >= 11 is 1.65. The predicted molar refractivity (Wildman–Crippen MR) is 132 cm³/mol. The highest BCUT2D eigenvalue weighted by Crippen LogP contribution is 2.39. The number of anilines is 2. The number of aryl methyl sites for hydroxylation is 1. The van der Waals surface area contributed by atoms with Gasteiger partial charge in [-0.05, 0) is 42.2 Å². The molecule has 0 aliphatic heterocycles. The molecule has 3 aromatic heterocycles. The smallest absolute Gasteiger partial charge is 0.407 e. The first-order chi connectivity index (χ1) is 16.7. The van der Waals surface area contributed by atoms with Crippen LogP contribution in [0.3, 0.4) is 0 Å². The van der Waals surface area contributed by atoms with Gasteiger partial charge < -0.3 is 15.4 Å². The Balaban J connectivity index is 1.18. The van der Waals surface area contributed by atoms with Crippen molar-refractivity contribution in [3.8, 4) is 0 Å². The summed E-state index contributed by atoms with van der Waals surface area (Å²) < 4.78 is 5.72. The van der Waals surface area contributed by atoms with E-state index >= 15 is 0 Å². The molecular weight excluding hydrogens is 448 g/mol. The average molecular weight is 471 g/mol. The molecule has 3 heterocycles. The van der Waals surface area contributed by atoms with Gasteiger partial charge >= 0.3 is 6.09 Å². The van der Waals surface area contributed by atoms with Crippen LogP contribution in [0, 0.1) is 0 Å². The Hall–Kier alpha value is -3.98. The van der Waals surface area contributed by atoms with E-state index in [1.807, 2.05) is 48.5 Å². The van der Waals surface area contributed by atoms with Crippen molar-refractivity contribution in [3.05, 3.63) is 77.1 Å². The molecule has 1 unspecified atom stereocenters. The minimum absolute atomic E-state index is 0.149. The van der Waals surface area contributed by atoms with Gasteiger partial charge in [-0.15, -0.1) is 11.3 Å². The summed E-state index contributed by atoms with van der Waals surface area (Å²) in [6, 6.07) is 15.9. The molecule has 34 heavy (non-hydrogen) atoms. The number of nitrogens with zero attached hydrogens (tertiary/aromatic N) is 3. The molecule has 0 spiro atoms. The number of nitrogens with one attached hydrogen (secondary N) is 3. The summed E-state index contributed by atoms with van der Waals surface area (Å²) in [5.74, 6) is 0.797. The van der Waals surface area contributed by atoms with Crippen molar-refractivity contribution in [2.24, 2.45) is 0 Å². The van der Waals surface area contributed by atoms with Gasteiger partial charge in [0, 0.05) is 28.9 Å². The normalized spacial score (nSPS) is 15.2. The molecule has 1 aliphatic rings. The number of benzene rings is 2. The molecule has 0 fully saturated rings. The van der Waals surface area contributed by atoms with E-state index < -0.39 is 0 Å². The maximum Gasteiger partial charge on any atom is 0.407 e. The number of aromatic amines is 1. The summed E-state index contributed by atoms with van der Waals surface area (Å²) in [6.07, 6.45) is 5.14. The van der Waals surface area contributed by atoms with E-state index in [4.69, 9.17) is 4.74 Å². The van der Waals surface area contributed by atoms with Crippen LogP contribution in [0.2, 0.25) is 0 Å². The summed E-state index contributed by atoms with van der Waals surface area (Å²) in [4.78, 5) is 23.5. The zero-order chi connectivity index (χ0) is 22.9. The number of thiophene rings is 1. The van der Waals surface area contributed by atoms with E-state index in [9.17, 15) is 4.79 Å². The number of carbonyl (C=O) groups excluding carboxylic acids is 1. The zero-order valence-corrected chi connectivity index (χ0v) is 19.1. The van der Waals surface area contributed by atoms with Gasteiger partial charge in [-0.3, -0.25) is 5.10 Å². The number of alkyl carbamates (subject to hydrolysis) is 1. The van der Waals surface area contributed by atoms with E-state index in [-0.39, 0.29) is 12.2 Å². The number of aromatic nitrogens is 4. The molecule has 1 amide bonds. The second-order valence-corrected chi connectivity index (χ2v) is 9.40. The Kier molecular flexibility index (Phi) is 5.31. The minimum Gasteiger partial charge on any atom is -0.446 e. The molecule has 170 valence electrons. The van der Waals surface area contributed by atoms with E-state index in [1.54, 1.807) is 23.9 Å². The highest BCUT2D eigenvalue weighted by molar-refractivity contribution is 7.19. The Morgan fingerprint density at radius 1 is 1.18 bits per heavy atom. The SMILES string of the molecule is O=C(NCc1ccccc1)OC1CCc2c(sc3ncnc(Nc4ccc5[nH]ncc5c4)c23)C1. The molecule has 2 aromatic carbocycles. The maximum atomic E-state index is 12.3. The van der Waals surface area contributed by atoms with Gasteiger partial charge in [0.05, 0.1) is 17.1 Å². The Morgan fingerprint density at radius 3 is 3.00 bits per heavy atom. The molecule has 1 aliphatic carbocycles. The van der Waals surface area contributed by atoms with Crippen molar-refractivity contribution >= 4 is 50.1 Å². The van der Waals surface area contributed by atoms with E-state index in [1.165, 1.54) is 10.4 Å². The fraction of sp³-hybridized carbons (Fsp3) is 0.200. The molecule has 0 radical (unpaired) electrons. The summed E-state index contributed by atoms with van der Waals surface area (Å²) in [7, 11) is 0. The third kappa shape index (κ3) is 4.06. The molecular formula is C25H22N6O2S. The number of fused-ring (bicyclic) bond motifs is 4. The largest absolute Gasteiger partial charge is 0.446 e. The lowest BCUT2D eigenvalue weighted by Crippen LogP contribution is -2.31. The first kappa shape index (κ1) is 20.6. The quantitative estimate of drug-likeness (QED) is 0.330. The van der Waals surface area contributed by atoms with Gasteiger partial charge in [0.15, 0.2) is 0 Å². The van der Waals surface area contributed by atoms with Gasteiger partial charge in [-0.1, -0.05) is 30.3 Å². The highest BCUT2D eigenvalue weighted by atomic mass is 32.1. The number of hydrogen-bond donors (Lipinski definition) is 3. The lowest BCUT2D eigenvalue weighted by Gasteiger charge is -2.23. The molecule has 0 saturated heterocycles. The van der Waals surface area contributed by atoms with Gasteiger partial charge in [-0.2, -0.15) is 5.10 Å². The van der Waals surface area contributed by atoms with Crippen LogP contribution in [0.15, 0.2) is 61.1 Å². The number of ether oxygens (including phenoxy) is 1. The molecule has 0 bridgehead atoms.